The molecule has 0 bridgehead atoms. The number of sulfonamides is 1. The Bertz CT molecular complexity index is 1150. The predicted octanol–water partition coefficient (Wildman–Crippen LogP) is 3.57. The van der Waals surface area contributed by atoms with Crippen LogP contribution in [0.25, 0.3) is 10.2 Å². The maximum absolute atomic E-state index is 12.9. The third-order valence-electron chi connectivity index (χ3n) is 4.35. The summed E-state index contributed by atoms with van der Waals surface area (Å²) in [5.74, 6) is 0.475. The Labute approximate surface area is 166 Å². The first-order chi connectivity index (χ1) is 12.8. The van der Waals surface area contributed by atoms with Gasteiger partial charge in [-0.1, -0.05) is 37.6 Å². The summed E-state index contributed by atoms with van der Waals surface area (Å²) >= 11 is 7.05. The van der Waals surface area contributed by atoms with Crippen molar-refractivity contribution in [2.24, 2.45) is 0 Å². The summed E-state index contributed by atoms with van der Waals surface area (Å²) in [6, 6.07) is 7.31. The maximum Gasteiger partial charge on any atom is 0.259 e. The van der Waals surface area contributed by atoms with Gasteiger partial charge in [0.2, 0.25) is 0 Å². The number of halogens is 1. The van der Waals surface area contributed by atoms with Crippen LogP contribution in [0.2, 0.25) is 5.02 Å². The molecule has 2 heterocycles. The van der Waals surface area contributed by atoms with E-state index in [2.05, 4.69) is 9.97 Å². The van der Waals surface area contributed by atoms with Gasteiger partial charge in [-0.25, -0.2) is 13.4 Å². The van der Waals surface area contributed by atoms with Crippen molar-refractivity contribution in [3.8, 4) is 0 Å². The van der Waals surface area contributed by atoms with E-state index in [0.29, 0.717) is 46.1 Å². The molecule has 144 valence electrons. The fourth-order valence-electron chi connectivity index (χ4n) is 3.02. The van der Waals surface area contributed by atoms with Gasteiger partial charge >= 0.3 is 0 Å². The number of nitrogens with zero attached hydrogens (tertiary/aromatic N) is 2. The Balaban J connectivity index is 2.10. The first-order valence-electron chi connectivity index (χ1n) is 8.54. The van der Waals surface area contributed by atoms with Crippen LogP contribution in [0, 0.1) is 6.92 Å². The van der Waals surface area contributed by atoms with Crippen LogP contribution in [-0.4, -0.2) is 35.8 Å². The molecule has 27 heavy (non-hydrogen) atoms. The quantitative estimate of drug-likeness (QED) is 0.654. The molecule has 0 aliphatic rings. The molecule has 0 spiro atoms. The molecule has 0 aliphatic heterocycles. The number of fused-ring (bicyclic) bond motifs is 1. The Morgan fingerprint density at radius 3 is 2.59 bits per heavy atom. The van der Waals surface area contributed by atoms with Gasteiger partial charge in [-0.3, -0.25) is 4.79 Å². The monoisotopic (exact) mass is 425 g/mol. The second kappa shape index (κ2) is 7.71. The van der Waals surface area contributed by atoms with Crippen molar-refractivity contribution in [3.05, 3.63) is 56.6 Å². The summed E-state index contributed by atoms with van der Waals surface area (Å²) in [6.45, 7) is 5.98. The van der Waals surface area contributed by atoms with E-state index in [0.717, 1.165) is 16.9 Å². The zero-order chi connectivity index (χ0) is 19.8. The molecular weight excluding hydrogens is 406 g/mol. The van der Waals surface area contributed by atoms with Gasteiger partial charge in [0.25, 0.3) is 15.6 Å². The van der Waals surface area contributed by atoms with Crippen LogP contribution in [-0.2, 0) is 16.4 Å². The smallest absolute Gasteiger partial charge is 0.259 e. The second-order valence-corrected chi connectivity index (χ2v) is 9.67. The third-order valence-corrected chi connectivity index (χ3v) is 8.41. The van der Waals surface area contributed by atoms with Crippen LogP contribution in [0.1, 0.15) is 30.8 Å². The van der Waals surface area contributed by atoms with E-state index < -0.39 is 10.0 Å². The van der Waals surface area contributed by atoms with Crippen LogP contribution < -0.4 is 5.56 Å². The topological polar surface area (TPSA) is 83.1 Å². The summed E-state index contributed by atoms with van der Waals surface area (Å²) in [6.07, 6.45) is 0.404. The highest BCUT2D eigenvalue weighted by atomic mass is 35.5. The van der Waals surface area contributed by atoms with E-state index in [4.69, 9.17) is 11.6 Å². The minimum atomic E-state index is -3.65. The lowest BCUT2D eigenvalue weighted by atomic mass is 10.1. The first-order valence-corrected chi connectivity index (χ1v) is 11.2. The molecule has 0 amide bonds. The number of H-pyrrole nitrogens is 1. The average molecular weight is 426 g/mol. The first kappa shape index (κ1) is 20.0. The van der Waals surface area contributed by atoms with Crippen molar-refractivity contribution in [3.63, 3.8) is 0 Å². The number of aromatic amines is 1. The highest BCUT2D eigenvalue weighted by Crippen LogP contribution is 2.33. The van der Waals surface area contributed by atoms with Crippen molar-refractivity contribution in [2.75, 3.05) is 13.1 Å². The zero-order valence-corrected chi connectivity index (χ0v) is 17.6. The Hall–Kier alpha value is -1.74. The van der Waals surface area contributed by atoms with Crippen LogP contribution in [0.5, 0.6) is 0 Å². The van der Waals surface area contributed by atoms with E-state index in [1.54, 1.807) is 26.8 Å². The Morgan fingerprint density at radius 1 is 1.26 bits per heavy atom. The highest BCUT2D eigenvalue weighted by Gasteiger charge is 2.28. The van der Waals surface area contributed by atoms with Gasteiger partial charge in [0.15, 0.2) is 0 Å². The van der Waals surface area contributed by atoms with E-state index in [-0.39, 0.29) is 9.77 Å². The van der Waals surface area contributed by atoms with E-state index in [1.165, 1.54) is 4.31 Å². The van der Waals surface area contributed by atoms with Gasteiger partial charge in [-0.15, -0.1) is 11.3 Å². The Kier molecular flexibility index (Phi) is 5.71. The summed E-state index contributed by atoms with van der Waals surface area (Å²) in [4.78, 5) is 20.3. The lowest BCUT2D eigenvalue weighted by Gasteiger charge is -2.17. The number of benzene rings is 1. The molecule has 0 fully saturated rings. The van der Waals surface area contributed by atoms with E-state index >= 15 is 0 Å². The zero-order valence-electron chi connectivity index (χ0n) is 15.2. The summed E-state index contributed by atoms with van der Waals surface area (Å²) in [7, 11) is -3.65. The molecule has 3 rings (SSSR count). The standard InChI is InChI=1S/C18H20ClN3O3S2/c1-4-22(5-2)27(24,25)18-11(3)15-16(23)20-14(21-17(15)26-18)10-12-7-6-8-13(19)9-12/h6-9H,4-5,10H2,1-3H3,(H,20,21,23). The van der Waals surface area contributed by atoms with Crippen LogP contribution >= 0.6 is 22.9 Å². The van der Waals surface area contributed by atoms with Crippen molar-refractivity contribution in [1.29, 1.82) is 0 Å². The number of hydrogen-bond donors (Lipinski definition) is 1. The van der Waals surface area contributed by atoms with Crippen molar-refractivity contribution < 1.29 is 8.42 Å². The molecule has 3 aromatic rings. The highest BCUT2D eigenvalue weighted by molar-refractivity contribution is 7.91. The molecule has 0 aliphatic carbocycles. The van der Waals surface area contributed by atoms with Crippen molar-refractivity contribution in [2.45, 2.75) is 31.4 Å². The molecule has 0 atom stereocenters. The average Bonchev–Trinajstić information content (AvgIpc) is 2.93. The number of rotatable bonds is 6. The van der Waals surface area contributed by atoms with Crippen molar-refractivity contribution >= 4 is 43.2 Å². The summed E-state index contributed by atoms with van der Waals surface area (Å²) in [5, 5.41) is 0.941. The van der Waals surface area contributed by atoms with Gasteiger partial charge < -0.3 is 4.98 Å². The minimum absolute atomic E-state index is 0.180. The molecule has 0 unspecified atom stereocenters. The fraction of sp³-hybridized carbons (Fsp3) is 0.333. The summed E-state index contributed by atoms with van der Waals surface area (Å²) in [5.41, 5.74) is 1.03. The van der Waals surface area contributed by atoms with Gasteiger partial charge in [0.05, 0.1) is 5.39 Å². The van der Waals surface area contributed by atoms with Gasteiger partial charge in [0, 0.05) is 24.5 Å². The van der Waals surface area contributed by atoms with E-state index in [9.17, 15) is 13.2 Å². The molecule has 9 heteroatoms. The molecule has 0 saturated carbocycles. The second-order valence-electron chi connectivity index (χ2n) is 6.10. The van der Waals surface area contributed by atoms with E-state index in [1.807, 2.05) is 18.2 Å². The fourth-order valence-corrected chi connectivity index (χ4v) is 6.54. The van der Waals surface area contributed by atoms with Gasteiger partial charge in [0.1, 0.15) is 14.9 Å². The molecule has 0 radical (unpaired) electrons. The van der Waals surface area contributed by atoms with Crippen LogP contribution in [0.4, 0.5) is 0 Å². The third kappa shape index (κ3) is 3.80. The largest absolute Gasteiger partial charge is 0.310 e. The Morgan fingerprint density at radius 2 is 1.96 bits per heavy atom. The minimum Gasteiger partial charge on any atom is -0.310 e. The molecule has 1 N–H and O–H groups in total. The number of hydrogen-bond acceptors (Lipinski definition) is 5. The van der Waals surface area contributed by atoms with Crippen LogP contribution in [0.3, 0.4) is 0 Å². The van der Waals surface area contributed by atoms with Gasteiger partial charge in [-0.2, -0.15) is 4.31 Å². The molecule has 6 nitrogen and oxygen atoms in total. The molecule has 0 saturated heterocycles. The lowest BCUT2D eigenvalue weighted by Crippen LogP contribution is -2.30. The SMILES string of the molecule is CCN(CC)S(=O)(=O)c1sc2nc(Cc3cccc(Cl)c3)[nH]c(=O)c2c1C. The number of nitrogens with one attached hydrogen (secondary N) is 1. The normalized spacial score (nSPS) is 12.2. The van der Waals surface area contributed by atoms with Gasteiger partial charge in [-0.05, 0) is 30.2 Å². The molecular formula is C18H20ClN3O3S2. The number of aromatic nitrogens is 2. The predicted molar refractivity (Wildman–Crippen MR) is 109 cm³/mol. The van der Waals surface area contributed by atoms with Crippen LogP contribution in [0.15, 0.2) is 33.3 Å². The molecule has 2 aromatic heterocycles. The summed E-state index contributed by atoms with van der Waals surface area (Å²) < 4.78 is 27.3. The lowest BCUT2D eigenvalue weighted by molar-refractivity contribution is 0.446. The number of thiophene rings is 1. The number of aryl methyl sites for hydroxylation is 1. The van der Waals surface area contributed by atoms with Crippen molar-refractivity contribution in [1.82, 2.24) is 14.3 Å². The maximum atomic E-state index is 12.9. The molecule has 1 aromatic carbocycles.